The number of hydrogen-bond donors (Lipinski definition) is 3. The minimum absolute atomic E-state index is 0.0809. The molecule has 3 rings (SSSR count). The van der Waals surface area contributed by atoms with E-state index >= 15 is 0 Å². The second-order valence-corrected chi connectivity index (χ2v) is 8.31. The first-order valence-electron chi connectivity index (χ1n) is 10.2. The molecule has 0 aliphatic carbocycles. The van der Waals surface area contributed by atoms with Crippen LogP contribution in [0.4, 0.5) is 18.9 Å². The van der Waals surface area contributed by atoms with Gasteiger partial charge in [-0.25, -0.2) is 0 Å². The highest BCUT2D eigenvalue weighted by Crippen LogP contribution is 2.40. The smallest absolute Gasteiger partial charge is 0.358 e. The Morgan fingerprint density at radius 3 is 2.56 bits per heavy atom. The Balaban J connectivity index is 1.99. The monoisotopic (exact) mass is 512 g/mol. The number of fused-ring (bicyclic) bond motifs is 1. The summed E-state index contributed by atoms with van der Waals surface area (Å²) in [5.41, 5.74) is -0.720. The summed E-state index contributed by atoms with van der Waals surface area (Å²) in [5.74, 6) is -1.31. The van der Waals surface area contributed by atoms with E-state index < -0.39 is 29.1 Å². The fraction of sp³-hybridized carbons (Fsp3) is 0.364. The molecule has 1 aromatic carbocycles. The Hall–Kier alpha value is -2.59. The largest absolute Gasteiger partial charge is 0.419 e. The predicted molar refractivity (Wildman–Crippen MR) is 121 cm³/mol. The van der Waals surface area contributed by atoms with Gasteiger partial charge in [0.05, 0.1) is 22.4 Å². The molecule has 1 aliphatic heterocycles. The third-order valence-electron chi connectivity index (χ3n) is 5.39. The quantitative estimate of drug-likeness (QED) is 0.471. The van der Waals surface area contributed by atoms with E-state index in [4.69, 9.17) is 0 Å². The van der Waals surface area contributed by atoms with Gasteiger partial charge in [-0.3, -0.25) is 9.59 Å². The van der Waals surface area contributed by atoms with Crippen LogP contribution in [0.2, 0.25) is 0 Å². The van der Waals surface area contributed by atoms with Crippen molar-refractivity contribution in [2.75, 3.05) is 31.5 Å². The van der Waals surface area contributed by atoms with Gasteiger partial charge in [0, 0.05) is 34.5 Å². The van der Waals surface area contributed by atoms with Gasteiger partial charge in [0.15, 0.2) is 0 Å². The van der Waals surface area contributed by atoms with Crippen LogP contribution in [0.3, 0.4) is 0 Å². The number of carbonyl (C=O) groups excluding carboxylic acids is 2. The second-order valence-electron chi connectivity index (χ2n) is 7.40. The van der Waals surface area contributed by atoms with Gasteiger partial charge >= 0.3 is 6.18 Å². The molecule has 0 spiro atoms. The molecule has 0 bridgehead atoms. The zero-order valence-corrected chi connectivity index (χ0v) is 19.5. The van der Waals surface area contributed by atoms with Crippen molar-refractivity contribution >= 4 is 45.1 Å². The van der Waals surface area contributed by atoms with Crippen molar-refractivity contribution in [2.45, 2.75) is 26.9 Å². The number of aromatic amines is 1. The molecule has 2 amide bonds. The minimum Gasteiger partial charge on any atom is -0.358 e. The molecule has 3 N–H and O–H groups in total. The molecular formula is C22H24BrF3N4O2. The number of benzene rings is 1. The van der Waals surface area contributed by atoms with Gasteiger partial charge in [-0.2, -0.15) is 13.2 Å². The Morgan fingerprint density at radius 2 is 1.94 bits per heavy atom. The first-order valence-corrected chi connectivity index (χ1v) is 11.0. The summed E-state index contributed by atoms with van der Waals surface area (Å²) in [4.78, 5) is 29.8. The third-order valence-corrected chi connectivity index (χ3v) is 5.88. The number of anilines is 1. The molecule has 0 saturated carbocycles. The molecule has 2 heterocycles. The molecule has 0 unspecified atom stereocenters. The lowest BCUT2D eigenvalue weighted by atomic mass is 10.0. The molecule has 1 aliphatic rings. The van der Waals surface area contributed by atoms with Crippen LogP contribution in [-0.4, -0.2) is 47.9 Å². The summed E-state index contributed by atoms with van der Waals surface area (Å²) >= 11 is 3.31. The maximum atomic E-state index is 14.0. The van der Waals surface area contributed by atoms with Gasteiger partial charge in [-0.05, 0) is 44.3 Å². The molecule has 2 aromatic rings. The molecule has 32 heavy (non-hydrogen) atoms. The Bertz CT molecular complexity index is 1070. The van der Waals surface area contributed by atoms with E-state index in [9.17, 15) is 22.8 Å². The number of halogens is 4. The average Bonchev–Trinajstić information content (AvgIpc) is 3.21. The summed E-state index contributed by atoms with van der Waals surface area (Å²) in [6.45, 7) is 7.67. The number of aryl methyl sites for hydroxylation is 1. The molecule has 0 saturated heterocycles. The SMILES string of the molecule is CCN(CC)CCNC(=O)c1c(C)[nH]c(/C=C2\C(=O)Nc3ccc(Br)cc32)c1C(F)(F)F. The van der Waals surface area contributed by atoms with Gasteiger partial charge in [0.1, 0.15) is 0 Å². The molecular weight excluding hydrogens is 489 g/mol. The van der Waals surface area contributed by atoms with Crippen LogP contribution in [0.25, 0.3) is 11.6 Å². The molecule has 0 radical (unpaired) electrons. The molecule has 172 valence electrons. The van der Waals surface area contributed by atoms with Crippen molar-refractivity contribution in [1.29, 1.82) is 0 Å². The maximum absolute atomic E-state index is 14.0. The minimum atomic E-state index is -4.79. The number of H-pyrrole nitrogens is 1. The molecule has 1 aromatic heterocycles. The van der Waals surface area contributed by atoms with E-state index in [1.165, 1.54) is 6.92 Å². The highest BCUT2D eigenvalue weighted by atomic mass is 79.9. The van der Waals surface area contributed by atoms with Crippen molar-refractivity contribution in [1.82, 2.24) is 15.2 Å². The van der Waals surface area contributed by atoms with Crippen LogP contribution in [0, 0.1) is 6.92 Å². The number of nitrogens with one attached hydrogen (secondary N) is 3. The van der Waals surface area contributed by atoms with Crippen LogP contribution in [0.15, 0.2) is 22.7 Å². The molecule has 0 fully saturated rings. The van der Waals surface area contributed by atoms with Crippen molar-refractivity contribution in [3.8, 4) is 0 Å². The highest BCUT2D eigenvalue weighted by molar-refractivity contribution is 9.10. The number of aromatic nitrogens is 1. The maximum Gasteiger partial charge on any atom is 0.419 e. The van der Waals surface area contributed by atoms with Gasteiger partial charge in [-0.1, -0.05) is 29.8 Å². The van der Waals surface area contributed by atoms with Crippen LogP contribution in [0.5, 0.6) is 0 Å². The van der Waals surface area contributed by atoms with Crippen LogP contribution >= 0.6 is 15.9 Å². The third kappa shape index (κ3) is 4.91. The fourth-order valence-corrected chi connectivity index (χ4v) is 4.10. The van der Waals surface area contributed by atoms with E-state index in [1.807, 2.05) is 13.8 Å². The summed E-state index contributed by atoms with van der Waals surface area (Å²) < 4.78 is 42.8. The topological polar surface area (TPSA) is 77.2 Å². The average molecular weight is 513 g/mol. The summed E-state index contributed by atoms with van der Waals surface area (Å²) in [6.07, 6.45) is -3.64. The van der Waals surface area contributed by atoms with E-state index in [2.05, 4.69) is 36.4 Å². The number of carbonyl (C=O) groups is 2. The van der Waals surface area contributed by atoms with Gasteiger partial charge in [-0.15, -0.1) is 0 Å². The van der Waals surface area contributed by atoms with Crippen LogP contribution in [0.1, 0.15) is 46.7 Å². The lowest BCUT2D eigenvalue weighted by Gasteiger charge is -2.18. The fourth-order valence-electron chi connectivity index (χ4n) is 3.74. The number of rotatable bonds is 7. The van der Waals surface area contributed by atoms with Crippen molar-refractivity contribution in [3.63, 3.8) is 0 Å². The Kier molecular flexibility index (Phi) is 7.14. The second kappa shape index (κ2) is 9.50. The van der Waals surface area contributed by atoms with E-state index in [-0.39, 0.29) is 23.5 Å². The number of nitrogens with zero attached hydrogens (tertiary/aromatic N) is 1. The van der Waals surface area contributed by atoms with Gasteiger partial charge < -0.3 is 20.5 Å². The lowest BCUT2D eigenvalue weighted by molar-refractivity contribution is -0.138. The first kappa shape index (κ1) is 24.1. The normalized spacial score (nSPS) is 14.8. The van der Waals surface area contributed by atoms with E-state index in [0.29, 0.717) is 22.3 Å². The number of amides is 2. The highest BCUT2D eigenvalue weighted by Gasteiger charge is 2.40. The van der Waals surface area contributed by atoms with E-state index in [0.717, 1.165) is 19.2 Å². The zero-order chi connectivity index (χ0) is 23.6. The standard InChI is InChI=1S/C22H24BrF3N4O2/c1-4-30(5-2)9-8-27-21(32)18-12(3)28-17(19(18)22(24,25)26)11-15-14-10-13(23)6-7-16(14)29-20(15)31/h6-7,10-11,28H,4-5,8-9H2,1-3H3,(H,27,32)(H,29,31)/b15-11-. The van der Waals surface area contributed by atoms with Crippen molar-refractivity contribution in [2.24, 2.45) is 0 Å². The number of alkyl halides is 3. The predicted octanol–water partition coefficient (Wildman–Crippen LogP) is 4.67. The summed E-state index contributed by atoms with van der Waals surface area (Å²) in [7, 11) is 0. The van der Waals surface area contributed by atoms with Crippen LogP contribution in [-0.2, 0) is 11.0 Å². The Labute approximate surface area is 192 Å². The van der Waals surface area contributed by atoms with Crippen molar-refractivity contribution < 1.29 is 22.8 Å². The zero-order valence-electron chi connectivity index (χ0n) is 17.9. The molecule has 0 atom stereocenters. The Morgan fingerprint density at radius 1 is 1.25 bits per heavy atom. The number of hydrogen-bond acceptors (Lipinski definition) is 3. The van der Waals surface area contributed by atoms with E-state index in [1.54, 1.807) is 18.2 Å². The van der Waals surface area contributed by atoms with Gasteiger partial charge in [0.2, 0.25) is 0 Å². The summed E-state index contributed by atoms with van der Waals surface area (Å²) in [5, 5.41) is 5.22. The van der Waals surface area contributed by atoms with Gasteiger partial charge in [0.25, 0.3) is 11.8 Å². The van der Waals surface area contributed by atoms with Crippen LogP contribution < -0.4 is 10.6 Å². The summed E-state index contributed by atoms with van der Waals surface area (Å²) in [6, 6.07) is 5.04. The lowest BCUT2D eigenvalue weighted by Crippen LogP contribution is -2.35. The molecule has 10 heteroatoms. The first-order chi connectivity index (χ1) is 15.1. The van der Waals surface area contributed by atoms with Crippen molar-refractivity contribution in [3.05, 3.63) is 50.8 Å². The molecule has 6 nitrogen and oxygen atoms in total. The number of likely N-dealkylation sites (N-methyl/N-ethyl adjacent to an activating group) is 1.